The van der Waals surface area contributed by atoms with Gasteiger partial charge in [0.05, 0.1) is 0 Å². The zero-order valence-electron chi connectivity index (χ0n) is 12.5. The Bertz CT molecular complexity index is 461. The van der Waals surface area contributed by atoms with Crippen molar-refractivity contribution in [1.82, 2.24) is 0 Å². The topological polar surface area (TPSA) is 0 Å². The van der Waals surface area contributed by atoms with Crippen LogP contribution in [0.4, 0.5) is 0 Å². The Kier molecular flexibility index (Phi) is 5.61. The lowest BCUT2D eigenvalue weighted by Crippen LogP contribution is -1.96. The fraction of sp³-hybridized carbons (Fsp3) is 0.300. The molecule has 104 valence electrons. The third-order valence-corrected chi connectivity index (χ3v) is 3.91. The number of rotatable bonds is 6. The molecule has 0 bridgehead atoms. The van der Waals surface area contributed by atoms with Crippen LogP contribution in [-0.4, -0.2) is 0 Å². The fourth-order valence-electron chi connectivity index (χ4n) is 2.63. The number of allylic oxidation sites excluding steroid dienone is 2. The Hall–Kier alpha value is -1.82. The van der Waals surface area contributed by atoms with Crippen LogP contribution in [-0.2, 0) is 0 Å². The van der Waals surface area contributed by atoms with Crippen LogP contribution in [0.1, 0.15) is 49.7 Å². The van der Waals surface area contributed by atoms with E-state index in [-0.39, 0.29) is 0 Å². The lowest BCUT2D eigenvalue weighted by atomic mass is 9.91. The van der Waals surface area contributed by atoms with Gasteiger partial charge in [0.1, 0.15) is 0 Å². The second kappa shape index (κ2) is 7.69. The van der Waals surface area contributed by atoms with Crippen molar-refractivity contribution in [3.63, 3.8) is 0 Å². The minimum Gasteiger partial charge on any atom is -0.0804 e. The number of hydrogen-bond acceptors (Lipinski definition) is 0. The van der Waals surface area contributed by atoms with Crippen molar-refractivity contribution in [3.8, 4) is 0 Å². The molecular weight excluding hydrogens is 240 g/mol. The Morgan fingerprint density at radius 2 is 1.00 bits per heavy atom. The standard InChI is InChI=1S/C20H24/c1-3-17(19-11-7-5-8-12-19)15-16-18(4-2)20-13-9-6-10-14-20/h5-18H,3-4H2,1-2H3/b16-15+. The van der Waals surface area contributed by atoms with Gasteiger partial charge >= 0.3 is 0 Å². The molecular formula is C20H24. The molecule has 0 spiro atoms. The highest BCUT2D eigenvalue weighted by molar-refractivity contribution is 5.27. The van der Waals surface area contributed by atoms with Crippen LogP contribution in [0.3, 0.4) is 0 Å². The molecule has 2 unspecified atom stereocenters. The molecule has 0 amide bonds. The lowest BCUT2D eigenvalue weighted by Gasteiger charge is -2.14. The van der Waals surface area contributed by atoms with Crippen LogP contribution in [0.5, 0.6) is 0 Å². The van der Waals surface area contributed by atoms with Crippen LogP contribution < -0.4 is 0 Å². The van der Waals surface area contributed by atoms with Crippen LogP contribution in [0.25, 0.3) is 0 Å². The molecule has 2 atom stereocenters. The van der Waals surface area contributed by atoms with Gasteiger partial charge in [-0.15, -0.1) is 0 Å². The number of hydrogen-bond donors (Lipinski definition) is 0. The lowest BCUT2D eigenvalue weighted by molar-refractivity contribution is 0.767. The molecule has 20 heavy (non-hydrogen) atoms. The van der Waals surface area contributed by atoms with Gasteiger partial charge in [0.2, 0.25) is 0 Å². The first-order valence-corrected chi connectivity index (χ1v) is 7.63. The molecule has 0 radical (unpaired) electrons. The Morgan fingerprint density at radius 3 is 1.30 bits per heavy atom. The predicted octanol–water partition coefficient (Wildman–Crippen LogP) is 5.93. The molecule has 0 heterocycles. The van der Waals surface area contributed by atoms with E-state index in [0.717, 1.165) is 12.8 Å². The first-order chi connectivity index (χ1) is 9.85. The molecule has 0 aliphatic heterocycles. The van der Waals surface area contributed by atoms with E-state index in [1.54, 1.807) is 0 Å². The summed E-state index contributed by atoms with van der Waals surface area (Å²) in [4.78, 5) is 0. The highest BCUT2D eigenvalue weighted by Crippen LogP contribution is 2.25. The smallest absolute Gasteiger partial charge is 0.00155 e. The minimum absolute atomic E-state index is 0.522. The molecule has 0 saturated heterocycles. The average molecular weight is 264 g/mol. The SMILES string of the molecule is CCC(/C=C/C(CC)c1ccccc1)c1ccccc1. The molecule has 0 fully saturated rings. The van der Waals surface area contributed by atoms with Crippen LogP contribution in [0, 0.1) is 0 Å². The second-order valence-electron chi connectivity index (χ2n) is 5.24. The zero-order chi connectivity index (χ0) is 14.2. The van der Waals surface area contributed by atoms with E-state index in [4.69, 9.17) is 0 Å². The molecule has 0 saturated carbocycles. The van der Waals surface area contributed by atoms with Crippen molar-refractivity contribution in [1.29, 1.82) is 0 Å². The third-order valence-electron chi connectivity index (χ3n) is 3.91. The summed E-state index contributed by atoms with van der Waals surface area (Å²) in [7, 11) is 0. The van der Waals surface area contributed by atoms with Gasteiger partial charge in [-0.25, -0.2) is 0 Å². The average Bonchev–Trinajstić information content (AvgIpc) is 2.53. The highest BCUT2D eigenvalue weighted by atomic mass is 14.1. The van der Waals surface area contributed by atoms with Gasteiger partial charge in [0.25, 0.3) is 0 Å². The highest BCUT2D eigenvalue weighted by Gasteiger charge is 2.08. The van der Waals surface area contributed by atoms with Gasteiger partial charge in [0.15, 0.2) is 0 Å². The van der Waals surface area contributed by atoms with Crippen molar-refractivity contribution in [2.75, 3.05) is 0 Å². The Morgan fingerprint density at radius 1 is 0.650 bits per heavy atom. The summed E-state index contributed by atoms with van der Waals surface area (Å²) in [5, 5.41) is 0. The van der Waals surface area contributed by atoms with Gasteiger partial charge in [-0.1, -0.05) is 86.7 Å². The maximum Gasteiger partial charge on any atom is 0.00155 e. The fourth-order valence-corrected chi connectivity index (χ4v) is 2.63. The minimum atomic E-state index is 0.522. The van der Waals surface area contributed by atoms with E-state index < -0.39 is 0 Å². The summed E-state index contributed by atoms with van der Waals surface area (Å²) in [5.41, 5.74) is 2.82. The van der Waals surface area contributed by atoms with Crippen molar-refractivity contribution in [2.24, 2.45) is 0 Å². The Labute approximate surface area is 123 Å². The van der Waals surface area contributed by atoms with E-state index in [2.05, 4.69) is 86.7 Å². The normalized spacial score (nSPS) is 14.3. The summed E-state index contributed by atoms with van der Waals surface area (Å²) in [6, 6.07) is 21.6. The second-order valence-corrected chi connectivity index (χ2v) is 5.24. The van der Waals surface area contributed by atoms with Gasteiger partial charge in [-0.2, -0.15) is 0 Å². The molecule has 0 heteroatoms. The van der Waals surface area contributed by atoms with E-state index in [9.17, 15) is 0 Å². The predicted molar refractivity (Wildman–Crippen MR) is 88.1 cm³/mol. The largest absolute Gasteiger partial charge is 0.0804 e. The summed E-state index contributed by atoms with van der Waals surface area (Å²) in [6.07, 6.45) is 7.06. The van der Waals surface area contributed by atoms with E-state index >= 15 is 0 Å². The van der Waals surface area contributed by atoms with Crippen LogP contribution in [0.2, 0.25) is 0 Å². The van der Waals surface area contributed by atoms with Gasteiger partial charge < -0.3 is 0 Å². The quantitative estimate of drug-likeness (QED) is 0.567. The zero-order valence-corrected chi connectivity index (χ0v) is 12.5. The third kappa shape index (κ3) is 3.84. The summed E-state index contributed by atoms with van der Waals surface area (Å²) >= 11 is 0. The molecule has 0 N–H and O–H groups in total. The number of benzene rings is 2. The summed E-state index contributed by atoms with van der Waals surface area (Å²) in [6.45, 7) is 4.51. The molecule has 0 aromatic heterocycles. The first-order valence-electron chi connectivity index (χ1n) is 7.63. The van der Waals surface area contributed by atoms with Gasteiger partial charge in [-0.05, 0) is 24.0 Å². The Balaban J connectivity index is 2.13. The molecule has 0 aliphatic rings. The van der Waals surface area contributed by atoms with Crippen LogP contribution >= 0.6 is 0 Å². The van der Waals surface area contributed by atoms with Crippen LogP contribution in [0.15, 0.2) is 72.8 Å². The van der Waals surface area contributed by atoms with Crippen molar-refractivity contribution < 1.29 is 0 Å². The van der Waals surface area contributed by atoms with Gasteiger partial charge in [0, 0.05) is 11.8 Å². The van der Waals surface area contributed by atoms with E-state index in [0.29, 0.717) is 11.8 Å². The molecule has 2 rings (SSSR count). The molecule has 2 aromatic rings. The first kappa shape index (κ1) is 14.6. The maximum absolute atomic E-state index is 2.39. The molecule has 0 aliphatic carbocycles. The summed E-state index contributed by atoms with van der Waals surface area (Å²) in [5.74, 6) is 1.04. The monoisotopic (exact) mass is 264 g/mol. The van der Waals surface area contributed by atoms with Crippen molar-refractivity contribution in [2.45, 2.75) is 38.5 Å². The van der Waals surface area contributed by atoms with Crippen molar-refractivity contribution >= 4 is 0 Å². The summed E-state index contributed by atoms with van der Waals surface area (Å²) < 4.78 is 0. The van der Waals surface area contributed by atoms with E-state index in [1.165, 1.54) is 11.1 Å². The van der Waals surface area contributed by atoms with Gasteiger partial charge in [-0.3, -0.25) is 0 Å². The molecule has 0 nitrogen and oxygen atoms in total. The van der Waals surface area contributed by atoms with Crippen molar-refractivity contribution in [3.05, 3.63) is 83.9 Å². The molecule has 2 aromatic carbocycles. The van der Waals surface area contributed by atoms with E-state index in [1.807, 2.05) is 0 Å². The maximum atomic E-state index is 2.39.